The highest BCUT2D eigenvalue weighted by atomic mass is 32.2. The topological polar surface area (TPSA) is 75.2 Å². The van der Waals surface area contributed by atoms with Gasteiger partial charge in [-0.05, 0) is 36.8 Å². The van der Waals surface area contributed by atoms with Crippen LogP contribution in [0.5, 0.6) is 11.5 Å². The highest BCUT2D eigenvalue weighted by Crippen LogP contribution is 2.29. The molecule has 0 aliphatic heterocycles. The number of nitrogens with zero attached hydrogens (tertiary/aromatic N) is 3. The molecule has 25 heavy (non-hydrogen) atoms. The molecule has 3 aromatic rings. The number of ether oxygens (including phenoxy) is 2. The van der Waals surface area contributed by atoms with E-state index < -0.39 is 0 Å². The predicted octanol–water partition coefficient (Wildman–Crippen LogP) is 3.15. The van der Waals surface area contributed by atoms with Crippen LogP contribution in [-0.2, 0) is 0 Å². The number of rotatable bonds is 7. The molecule has 0 fully saturated rings. The van der Waals surface area contributed by atoms with E-state index in [1.165, 1.54) is 22.0 Å². The summed E-state index contributed by atoms with van der Waals surface area (Å²) in [6.07, 6.45) is 0. The zero-order chi connectivity index (χ0) is 17.6. The van der Waals surface area contributed by atoms with Gasteiger partial charge in [-0.15, -0.1) is 10.2 Å². The van der Waals surface area contributed by atoms with Crippen LogP contribution < -0.4 is 15.3 Å². The molecule has 0 atom stereocenters. The summed E-state index contributed by atoms with van der Waals surface area (Å²) in [6, 6.07) is 15.6. The lowest BCUT2D eigenvalue weighted by Crippen LogP contribution is -2.12. The van der Waals surface area contributed by atoms with E-state index in [2.05, 4.69) is 10.2 Å². The first-order valence-corrected chi connectivity index (χ1v) is 8.83. The second-order valence-corrected chi connectivity index (χ2v) is 6.45. The monoisotopic (exact) mass is 356 g/mol. The Hall–Kier alpha value is -2.67. The van der Waals surface area contributed by atoms with E-state index in [9.17, 15) is 0 Å². The van der Waals surface area contributed by atoms with Crippen molar-refractivity contribution in [2.45, 2.75) is 12.1 Å². The van der Waals surface area contributed by atoms with Crippen molar-refractivity contribution in [3.63, 3.8) is 0 Å². The summed E-state index contributed by atoms with van der Waals surface area (Å²) in [7, 11) is 1.62. The Balaban J connectivity index is 1.62. The van der Waals surface area contributed by atoms with Crippen molar-refractivity contribution in [3.8, 4) is 22.9 Å². The van der Waals surface area contributed by atoms with E-state index in [0.717, 1.165) is 17.1 Å². The molecule has 0 spiro atoms. The summed E-state index contributed by atoms with van der Waals surface area (Å²) in [5, 5.41) is 8.99. The molecule has 7 heteroatoms. The number of aryl methyl sites for hydroxylation is 1. The van der Waals surface area contributed by atoms with Gasteiger partial charge in [-0.2, -0.15) is 0 Å². The van der Waals surface area contributed by atoms with Crippen molar-refractivity contribution in [2.75, 3.05) is 25.3 Å². The largest absolute Gasteiger partial charge is 0.496 e. The summed E-state index contributed by atoms with van der Waals surface area (Å²) in [5.41, 5.74) is 1.98. The van der Waals surface area contributed by atoms with E-state index >= 15 is 0 Å². The van der Waals surface area contributed by atoms with Gasteiger partial charge in [0.25, 0.3) is 0 Å². The van der Waals surface area contributed by atoms with Crippen LogP contribution in [0.2, 0.25) is 0 Å². The molecule has 0 saturated heterocycles. The lowest BCUT2D eigenvalue weighted by molar-refractivity contribution is 0.343. The number of methoxy groups -OCH3 is 1. The van der Waals surface area contributed by atoms with Gasteiger partial charge in [0.2, 0.25) is 5.16 Å². The maximum Gasteiger partial charge on any atom is 0.210 e. The fraction of sp³-hybridized carbons (Fsp3) is 0.222. The molecular formula is C18H20N4O2S. The molecule has 2 N–H and O–H groups in total. The van der Waals surface area contributed by atoms with Gasteiger partial charge in [-0.1, -0.05) is 36.0 Å². The van der Waals surface area contributed by atoms with Gasteiger partial charge in [0.05, 0.1) is 19.3 Å². The fourth-order valence-corrected chi connectivity index (χ4v) is 3.06. The summed E-state index contributed by atoms with van der Waals surface area (Å²) in [5.74, 6) is 9.01. The number of nitrogen functional groups attached to an aromatic ring is 1. The Labute approximate surface area is 150 Å². The molecule has 0 aliphatic rings. The average molecular weight is 356 g/mol. The third-order valence-electron chi connectivity index (χ3n) is 3.59. The first kappa shape index (κ1) is 17.2. The summed E-state index contributed by atoms with van der Waals surface area (Å²) < 4.78 is 12.6. The van der Waals surface area contributed by atoms with E-state index in [1.54, 1.807) is 7.11 Å². The Bertz CT molecular complexity index is 851. The zero-order valence-electron chi connectivity index (χ0n) is 14.2. The van der Waals surface area contributed by atoms with Crippen LogP contribution in [0.1, 0.15) is 5.56 Å². The summed E-state index contributed by atoms with van der Waals surface area (Å²) in [4.78, 5) is 0. The minimum atomic E-state index is 0.560. The molecule has 0 bridgehead atoms. The van der Waals surface area contributed by atoms with E-state index in [-0.39, 0.29) is 0 Å². The maximum atomic E-state index is 6.15. The van der Waals surface area contributed by atoms with Crippen molar-refractivity contribution >= 4 is 11.8 Å². The van der Waals surface area contributed by atoms with Crippen LogP contribution in [-0.4, -0.2) is 34.3 Å². The van der Waals surface area contributed by atoms with Crippen LogP contribution in [0.15, 0.2) is 53.7 Å². The Morgan fingerprint density at radius 3 is 2.76 bits per heavy atom. The Kier molecular flexibility index (Phi) is 5.45. The number of nitrogens with two attached hydrogens (primary N) is 1. The third kappa shape index (κ3) is 4.06. The van der Waals surface area contributed by atoms with Crippen LogP contribution in [0, 0.1) is 6.92 Å². The predicted molar refractivity (Wildman–Crippen MR) is 99.6 cm³/mol. The summed E-state index contributed by atoms with van der Waals surface area (Å²) in [6.45, 7) is 2.60. The van der Waals surface area contributed by atoms with Gasteiger partial charge >= 0.3 is 0 Å². The molecule has 2 aromatic carbocycles. The number of hydrogen-bond donors (Lipinski definition) is 1. The molecule has 130 valence electrons. The second kappa shape index (κ2) is 7.94. The van der Waals surface area contributed by atoms with Crippen molar-refractivity contribution in [1.82, 2.24) is 14.9 Å². The first-order valence-electron chi connectivity index (χ1n) is 7.85. The highest BCUT2D eigenvalue weighted by molar-refractivity contribution is 7.99. The SMILES string of the molecule is COc1ccccc1-c1nnc(SCCOc2cccc(C)c2)n1N. The number of para-hydroxylation sites is 1. The highest BCUT2D eigenvalue weighted by Gasteiger charge is 2.15. The van der Waals surface area contributed by atoms with Gasteiger partial charge in [-0.3, -0.25) is 0 Å². The molecule has 0 unspecified atom stereocenters. The molecule has 3 rings (SSSR count). The molecular weight excluding hydrogens is 336 g/mol. The minimum absolute atomic E-state index is 0.560. The maximum absolute atomic E-state index is 6.15. The number of aromatic nitrogens is 3. The lowest BCUT2D eigenvalue weighted by atomic mass is 10.2. The molecule has 6 nitrogen and oxygen atoms in total. The normalized spacial score (nSPS) is 10.6. The van der Waals surface area contributed by atoms with Crippen LogP contribution in [0.25, 0.3) is 11.4 Å². The standard InChI is InChI=1S/C18H20N4O2S/c1-13-6-5-7-14(12-13)24-10-11-25-18-21-20-17(22(18)19)15-8-3-4-9-16(15)23-2/h3-9,12H,10-11,19H2,1-2H3. The van der Waals surface area contributed by atoms with Gasteiger partial charge < -0.3 is 15.3 Å². The zero-order valence-corrected chi connectivity index (χ0v) is 15.0. The lowest BCUT2D eigenvalue weighted by Gasteiger charge is -2.08. The van der Waals surface area contributed by atoms with Gasteiger partial charge in [0.1, 0.15) is 11.5 Å². The molecule has 1 heterocycles. The van der Waals surface area contributed by atoms with Crippen molar-refractivity contribution in [2.24, 2.45) is 0 Å². The number of benzene rings is 2. The molecule has 0 radical (unpaired) electrons. The minimum Gasteiger partial charge on any atom is -0.496 e. The molecule has 0 saturated carbocycles. The number of hydrogen-bond acceptors (Lipinski definition) is 6. The smallest absolute Gasteiger partial charge is 0.210 e. The number of thioether (sulfide) groups is 1. The van der Waals surface area contributed by atoms with Crippen LogP contribution >= 0.6 is 11.8 Å². The van der Waals surface area contributed by atoms with Gasteiger partial charge in [0, 0.05) is 5.75 Å². The molecule has 0 amide bonds. The molecule has 1 aromatic heterocycles. The third-order valence-corrected chi connectivity index (χ3v) is 4.49. The summed E-state index contributed by atoms with van der Waals surface area (Å²) >= 11 is 1.50. The Morgan fingerprint density at radius 2 is 1.96 bits per heavy atom. The van der Waals surface area contributed by atoms with Crippen molar-refractivity contribution in [1.29, 1.82) is 0 Å². The fourth-order valence-electron chi connectivity index (χ4n) is 2.39. The first-order chi connectivity index (χ1) is 12.2. The molecule has 0 aliphatic carbocycles. The van der Waals surface area contributed by atoms with E-state index in [1.807, 2.05) is 55.5 Å². The van der Waals surface area contributed by atoms with Gasteiger partial charge in [0.15, 0.2) is 5.82 Å². The quantitative estimate of drug-likeness (QED) is 0.398. The van der Waals surface area contributed by atoms with Crippen LogP contribution in [0.4, 0.5) is 0 Å². The van der Waals surface area contributed by atoms with Gasteiger partial charge in [-0.25, -0.2) is 4.68 Å². The van der Waals surface area contributed by atoms with Crippen LogP contribution in [0.3, 0.4) is 0 Å². The van der Waals surface area contributed by atoms with E-state index in [0.29, 0.717) is 23.3 Å². The second-order valence-electron chi connectivity index (χ2n) is 5.39. The van der Waals surface area contributed by atoms with Crippen molar-refractivity contribution < 1.29 is 9.47 Å². The van der Waals surface area contributed by atoms with Crippen molar-refractivity contribution in [3.05, 3.63) is 54.1 Å². The average Bonchev–Trinajstić information content (AvgIpc) is 2.99. The Morgan fingerprint density at radius 1 is 1.12 bits per heavy atom. The van der Waals surface area contributed by atoms with E-state index in [4.69, 9.17) is 15.3 Å².